The summed E-state index contributed by atoms with van der Waals surface area (Å²) in [7, 11) is 0. The van der Waals surface area contributed by atoms with Gasteiger partial charge in [0.2, 0.25) is 5.91 Å². The van der Waals surface area contributed by atoms with Crippen molar-refractivity contribution in [3.63, 3.8) is 0 Å². The zero-order valence-electron chi connectivity index (χ0n) is 13.5. The third kappa shape index (κ3) is 2.49. The standard InChI is InChI=1S/C17H30N2O/c1-12-6-5-7-18-14(12)15(20)19-11-17(4)9-13(19)8-16(2,3)10-17/h12-14,18H,5-11H2,1-4H3. The molecule has 3 aliphatic rings. The second kappa shape index (κ2) is 4.72. The van der Waals surface area contributed by atoms with Crippen molar-refractivity contribution in [2.24, 2.45) is 16.7 Å². The average molecular weight is 278 g/mol. The van der Waals surface area contributed by atoms with Gasteiger partial charge in [0, 0.05) is 12.6 Å². The summed E-state index contributed by atoms with van der Waals surface area (Å²) in [5.74, 6) is 0.862. The van der Waals surface area contributed by atoms with Gasteiger partial charge in [-0.15, -0.1) is 0 Å². The molecule has 114 valence electrons. The minimum atomic E-state index is 0.0646. The number of nitrogens with zero attached hydrogens (tertiary/aromatic N) is 1. The minimum Gasteiger partial charge on any atom is -0.338 e. The van der Waals surface area contributed by atoms with Crippen LogP contribution in [0.1, 0.15) is 59.8 Å². The number of hydrogen-bond donors (Lipinski definition) is 1. The van der Waals surface area contributed by atoms with Crippen LogP contribution in [0.25, 0.3) is 0 Å². The Labute approximate surface area is 123 Å². The average Bonchev–Trinajstić information content (AvgIpc) is 2.58. The number of carbonyl (C=O) groups is 1. The molecular weight excluding hydrogens is 248 g/mol. The van der Waals surface area contributed by atoms with Crippen LogP contribution in [0.4, 0.5) is 0 Å². The van der Waals surface area contributed by atoms with Crippen molar-refractivity contribution < 1.29 is 4.79 Å². The summed E-state index contributed by atoms with van der Waals surface area (Å²) in [5.41, 5.74) is 0.734. The zero-order chi connectivity index (χ0) is 14.5. The van der Waals surface area contributed by atoms with Gasteiger partial charge in [-0.2, -0.15) is 0 Å². The lowest BCUT2D eigenvalue weighted by Crippen LogP contribution is -2.53. The number of likely N-dealkylation sites (tertiary alicyclic amines) is 1. The predicted octanol–water partition coefficient (Wildman–Crippen LogP) is 2.80. The van der Waals surface area contributed by atoms with Crippen LogP contribution in [0.3, 0.4) is 0 Å². The normalized spacial score (nSPS) is 43.6. The molecule has 2 heterocycles. The van der Waals surface area contributed by atoms with Crippen molar-refractivity contribution in [3.05, 3.63) is 0 Å². The van der Waals surface area contributed by atoms with E-state index in [1.54, 1.807) is 0 Å². The topological polar surface area (TPSA) is 32.3 Å². The number of fused-ring (bicyclic) bond motifs is 2. The van der Waals surface area contributed by atoms with E-state index in [0.29, 0.717) is 28.7 Å². The first-order valence-electron chi connectivity index (χ1n) is 8.34. The molecule has 1 N–H and O–H groups in total. The molecule has 4 atom stereocenters. The van der Waals surface area contributed by atoms with Crippen molar-refractivity contribution >= 4 is 5.91 Å². The predicted molar refractivity (Wildman–Crippen MR) is 81.4 cm³/mol. The number of nitrogens with one attached hydrogen (secondary N) is 1. The van der Waals surface area contributed by atoms with E-state index in [9.17, 15) is 4.79 Å². The molecule has 2 saturated heterocycles. The number of piperidine rings is 1. The summed E-state index contributed by atoms with van der Waals surface area (Å²) < 4.78 is 0. The molecule has 1 amide bonds. The lowest BCUT2D eigenvalue weighted by Gasteiger charge is -2.40. The van der Waals surface area contributed by atoms with Crippen molar-refractivity contribution in [2.45, 2.75) is 71.9 Å². The van der Waals surface area contributed by atoms with Crippen molar-refractivity contribution in [1.29, 1.82) is 0 Å². The maximum atomic E-state index is 13.0. The van der Waals surface area contributed by atoms with Gasteiger partial charge in [0.15, 0.2) is 0 Å². The number of rotatable bonds is 1. The molecule has 0 radical (unpaired) electrons. The Morgan fingerprint density at radius 2 is 2.00 bits per heavy atom. The van der Waals surface area contributed by atoms with E-state index in [1.165, 1.54) is 32.1 Å². The summed E-state index contributed by atoms with van der Waals surface area (Å²) >= 11 is 0. The van der Waals surface area contributed by atoms with Crippen molar-refractivity contribution in [1.82, 2.24) is 10.2 Å². The molecule has 2 bridgehead atoms. The van der Waals surface area contributed by atoms with E-state index >= 15 is 0 Å². The number of hydrogen-bond acceptors (Lipinski definition) is 2. The highest BCUT2D eigenvalue weighted by Crippen LogP contribution is 2.52. The third-order valence-electron chi connectivity index (χ3n) is 5.73. The molecule has 0 spiro atoms. The summed E-state index contributed by atoms with van der Waals surface area (Å²) in [6, 6.07) is 0.544. The zero-order valence-corrected chi connectivity index (χ0v) is 13.5. The molecule has 0 aromatic rings. The van der Waals surface area contributed by atoms with E-state index < -0.39 is 0 Å². The monoisotopic (exact) mass is 278 g/mol. The molecular formula is C17H30N2O. The highest BCUT2D eigenvalue weighted by molar-refractivity contribution is 5.83. The van der Waals surface area contributed by atoms with E-state index in [0.717, 1.165) is 13.1 Å². The Morgan fingerprint density at radius 3 is 2.70 bits per heavy atom. The van der Waals surface area contributed by atoms with Crippen LogP contribution in [-0.4, -0.2) is 36.0 Å². The summed E-state index contributed by atoms with van der Waals surface area (Å²) in [6.45, 7) is 11.3. The molecule has 0 aromatic carbocycles. The fourth-order valence-corrected chi connectivity index (χ4v) is 5.28. The van der Waals surface area contributed by atoms with Crippen LogP contribution in [0, 0.1) is 16.7 Å². The van der Waals surface area contributed by atoms with Crippen LogP contribution in [0.5, 0.6) is 0 Å². The smallest absolute Gasteiger partial charge is 0.240 e. The Balaban J connectivity index is 1.76. The fraction of sp³-hybridized carbons (Fsp3) is 0.941. The Hall–Kier alpha value is -0.570. The molecule has 3 heteroatoms. The molecule has 3 nitrogen and oxygen atoms in total. The summed E-state index contributed by atoms with van der Waals surface area (Å²) in [4.78, 5) is 15.2. The van der Waals surface area contributed by atoms with E-state index in [4.69, 9.17) is 0 Å². The van der Waals surface area contributed by atoms with Gasteiger partial charge in [0.1, 0.15) is 0 Å². The SMILES string of the molecule is CC1CCCNC1C(=O)N1CC2(C)CC1CC(C)(C)C2. The van der Waals surface area contributed by atoms with E-state index in [1.807, 2.05) is 0 Å². The molecule has 1 saturated carbocycles. The lowest BCUT2D eigenvalue weighted by molar-refractivity contribution is -0.136. The summed E-state index contributed by atoms with van der Waals surface area (Å²) in [6.07, 6.45) is 6.04. The van der Waals surface area contributed by atoms with Gasteiger partial charge < -0.3 is 10.2 Å². The van der Waals surface area contributed by atoms with Crippen LogP contribution in [0.15, 0.2) is 0 Å². The Kier molecular flexibility index (Phi) is 3.39. The fourth-order valence-electron chi connectivity index (χ4n) is 5.28. The van der Waals surface area contributed by atoms with Gasteiger partial charge in [-0.25, -0.2) is 0 Å². The van der Waals surface area contributed by atoms with Crippen LogP contribution < -0.4 is 5.32 Å². The maximum absolute atomic E-state index is 13.0. The Morgan fingerprint density at radius 1 is 1.25 bits per heavy atom. The van der Waals surface area contributed by atoms with Crippen molar-refractivity contribution in [3.8, 4) is 0 Å². The van der Waals surface area contributed by atoms with E-state index in [-0.39, 0.29) is 6.04 Å². The lowest BCUT2D eigenvalue weighted by atomic mass is 9.65. The first kappa shape index (κ1) is 14.4. The Bertz CT molecular complexity index is 406. The molecule has 2 aliphatic heterocycles. The first-order valence-corrected chi connectivity index (χ1v) is 8.34. The molecule has 1 aliphatic carbocycles. The highest BCUT2D eigenvalue weighted by atomic mass is 16.2. The molecule has 20 heavy (non-hydrogen) atoms. The van der Waals surface area contributed by atoms with Gasteiger partial charge in [0.25, 0.3) is 0 Å². The highest BCUT2D eigenvalue weighted by Gasteiger charge is 2.52. The van der Waals surface area contributed by atoms with Crippen LogP contribution >= 0.6 is 0 Å². The largest absolute Gasteiger partial charge is 0.338 e. The van der Waals surface area contributed by atoms with Crippen molar-refractivity contribution in [2.75, 3.05) is 13.1 Å². The minimum absolute atomic E-state index is 0.0646. The van der Waals surface area contributed by atoms with Gasteiger partial charge >= 0.3 is 0 Å². The van der Waals surface area contributed by atoms with Gasteiger partial charge in [-0.1, -0.05) is 27.7 Å². The quantitative estimate of drug-likeness (QED) is 0.800. The molecule has 4 unspecified atom stereocenters. The second-order valence-electron chi connectivity index (χ2n) is 8.73. The molecule has 3 rings (SSSR count). The van der Waals surface area contributed by atoms with Gasteiger partial charge in [-0.3, -0.25) is 4.79 Å². The molecule has 0 aromatic heterocycles. The molecule has 3 fully saturated rings. The number of carbonyl (C=O) groups excluding carboxylic acids is 1. The van der Waals surface area contributed by atoms with Crippen LogP contribution in [-0.2, 0) is 4.79 Å². The van der Waals surface area contributed by atoms with Gasteiger partial charge in [-0.05, 0) is 55.4 Å². The second-order valence-corrected chi connectivity index (χ2v) is 8.73. The van der Waals surface area contributed by atoms with Gasteiger partial charge in [0.05, 0.1) is 6.04 Å². The third-order valence-corrected chi connectivity index (χ3v) is 5.73. The van der Waals surface area contributed by atoms with E-state index in [2.05, 4.69) is 37.9 Å². The number of amides is 1. The first-order chi connectivity index (χ1) is 9.30. The summed E-state index contributed by atoms with van der Waals surface area (Å²) in [5, 5.41) is 3.47. The maximum Gasteiger partial charge on any atom is 0.240 e. The van der Waals surface area contributed by atoms with Crippen LogP contribution in [0.2, 0.25) is 0 Å².